The molecule has 0 aliphatic heterocycles. The van der Waals surface area contributed by atoms with Crippen LogP contribution in [-0.2, 0) is 4.74 Å². The van der Waals surface area contributed by atoms with Gasteiger partial charge in [-0.15, -0.1) is 0 Å². The summed E-state index contributed by atoms with van der Waals surface area (Å²) in [6, 6.07) is 9.40. The number of hydrogen-bond acceptors (Lipinski definition) is 3. The molecule has 3 heteroatoms. The maximum Gasteiger partial charge on any atom is 0.0553 e. The second kappa shape index (κ2) is 7.32. The monoisotopic (exact) mass is 279 g/mol. The van der Waals surface area contributed by atoms with Crippen LogP contribution in [-0.4, -0.2) is 31.3 Å². The third kappa shape index (κ3) is 3.53. The molecule has 1 aliphatic rings. The summed E-state index contributed by atoms with van der Waals surface area (Å²) in [7, 11) is 1.78. The highest BCUT2D eigenvalue weighted by molar-refractivity contribution is 7.99. The highest BCUT2D eigenvalue weighted by atomic mass is 32.2. The van der Waals surface area contributed by atoms with Gasteiger partial charge in [-0.05, 0) is 30.0 Å². The van der Waals surface area contributed by atoms with Crippen molar-refractivity contribution in [3.05, 3.63) is 35.4 Å². The molecule has 106 valence electrons. The van der Waals surface area contributed by atoms with Crippen LogP contribution in [0.3, 0.4) is 0 Å². The van der Waals surface area contributed by atoms with Gasteiger partial charge in [-0.1, -0.05) is 38.1 Å². The van der Waals surface area contributed by atoms with Crippen LogP contribution in [0.1, 0.15) is 43.4 Å². The van der Waals surface area contributed by atoms with Gasteiger partial charge in [0, 0.05) is 24.2 Å². The molecule has 0 amide bonds. The predicted octanol–water partition coefficient (Wildman–Crippen LogP) is 3.59. The normalized spacial score (nSPS) is 26.2. The highest BCUT2D eigenvalue weighted by Crippen LogP contribution is 2.42. The molecule has 1 N–H and O–H groups in total. The second-order valence-electron chi connectivity index (χ2n) is 5.20. The predicted molar refractivity (Wildman–Crippen MR) is 84.0 cm³/mol. The molecule has 1 aliphatic carbocycles. The number of methoxy groups -OCH3 is 1. The van der Waals surface area contributed by atoms with Crippen LogP contribution < -0.4 is 5.32 Å². The zero-order chi connectivity index (χ0) is 13.7. The van der Waals surface area contributed by atoms with Crippen molar-refractivity contribution in [3.8, 4) is 0 Å². The summed E-state index contributed by atoms with van der Waals surface area (Å²) in [5.74, 6) is 1.74. The number of hydrogen-bond donors (Lipinski definition) is 1. The Morgan fingerprint density at radius 3 is 2.74 bits per heavy atom. The fourth-order valence-electron chi connectivity index (χ4n) is 2.96. The molecule has 3 atom stereocenters. The lowest BCUT2D eigenvalue weighted by Gasteiger charge is -2.37. The average molecular weight is 279 g/mol. The Balaban J connectivity index is 2.17. The fourth-order valence-corrected chi connectivity index (χ4v) is 4.39. The van der Waals surface area contributed by atoms with E-state index in [4.69, 9.17) is 4.74 Å². The van der Waals surface area contributed by atoms with E-state index in [1.807, 2.05) is 11.8 Å². The summed E-state index contributed by atoms with van der Waals surface area (Å²) in [5, 5.41) is 4.33. The van der Waals surface area contributed by atoms with E-state index in [-0.39, 0.29) is 0 Å². The molecule has 1 aromatic rings. The van der Waals surface area contributed by atoms with Gasteiger partial charge in [0.15, 0.2) is 0 Å². The van der Waals surface area contributed by atoms with Crippen LogP contribution in [0.2, 0.25) is 0 Å². The minimum absolute atomic E-state index is 0.485. The van der Waals surface area contributed by atoms with Crippen molar-refractivity contribution in [2.24, 2.45) is 0 Å². The quantitative estimate of drug-likeness (QED) is 0.804. The van der Waals surface area contributed by atoms with Gasteiger partial charge in [-0.25, -0.2) is 0 Å². The zero-order valence-electron chi connectivity index (χ0n) is 12.2. The molecule has 0 aromatic heterocycles. The number of thioether (sulfide) groups is 1. The van der Waals surface area contributed by atoms with E-state index in [2.05, 4.69) is 43.4 Å². The van der Waals surface area contributed by atoms with Gasteiger partial charge in [-0.3, -0.25) is 0 Å². The van der Waals surface area contributed by atoms with Crippen LogP contribution in [0.5, 0.6) is 0 Å². The first kappa shape index (κ1) is 14.9. The first-order chi connectivity index (χ1) is 9.27. The van der Waals surface area contributed by atoms with Crippen molar-refractivity contribution in [1.82, 2.24) is 5.32 Å². The fraction of sp³-hybridized carbons (Fsp3) is 0.625. The lowest BCUT2D eigenvalue weighted by molar-refractivity contribution is 0.218. The minimum Gasteiger partial charge on any atom is -0.384 e. The van der Waals surface area contributed by atoms with Crippen molar-refractivity contribution in [2.75, 3.05) is 26.0 Å². The molecule has 0 heterocycles. The smallest absolute Gasteiger partial charge is 0.0553 e. The van der Waals surface area contributed by atoms with Gasteiger partial charge < -0.3 is 10.1 Å². The van der Waals surface area contributed by atoms with Crippen LogP contribution in [0.25, 0.3) is 0 Å². The number of nitrogens with one attached hydrogen (secondary N) is 1. The molecule has 0 saturated carbocycles. The Kier molecular flexibility index (Phi) is 5.74. The van der Waals surface area contributed by atoms with Crippen molar-refractivity contribution < 1.29 is 4.74 Å². The van der Waals surface area contributed by atoms with Gasteiger partial charge in [0.2, 0.25) is 0 Å². The maximum atomic E-state index is 5.18. The Morgan fingerprint density at radius 1 is 1.32 bits per heavy atom. The standard InChI is InChI=1S/C16H25NOS/c1-4-17-16-14-8-6-5-7-13(14)12(2)11-15(16)19-10-9-18-3/h5-8,12,15-17H,4,9-11H2,1-3H3. The average Bonchev–Trinajstić information content (AvgIpc) is 2.43. The van der Waals surface area contributed by atoms with Crippen LogP contribution in [0.4, 0.5) is 0 Å². The number of benzene rings is 1. The summed E-state index contributed by atoms with van der Waals surface area (Å²) in [5.41, 5.74) is 3.02. The molecular formula is C16H25NOS. The van der Waals surface area contributed by atoms with Crippen LogP contribution in [0.15, 0.2) is 24.3 Å². The molecular weight excluding hydrogens is 254 g/mol. The van der Waals surface area contributed by atoms with E-state index in [1.54, 1.807) is 7.11 Å². The van der Waals surface area contributed by atoms with E-state index >= 15 is 0 Å². The summed E-state index contributed by atoms with van der Waals surface area (Å²) < 4.78 is 5.18. The van der Waals surface area contributed by atoms with Crippen molar-refractivity contribution in [3.63, 3.8) is 0 Å². The van der Waals surface area contributed by atoms with Crippen molar-refractivity contribution >= 4 is 11.8 Å². The summed E-state index contributed by atoms with van der Waals surface area (Å²) in [6.45, 7) is 6.41. The second-order valence-corrected chi connectivity index (χ2v) is 6.55. The molecule has 3 unspecified atom stereocenters. The third-order valence-corrected chi connectivity index (χ3v) is 5.16. The van der Waals surface area contributed by atoms with E-state index in [9.17, 15) is 0 Å². The van der Waals surface area contributed by atoms with E-state index in [1.165, 1.54) is 17.5 Å². The Hall–Kier alpha value is -0.510. The van der Waals surface area contributed by atoms with Crippen molar-refractivity contribution in [2.45, 2.75) is 37.5 Å². The summed E-state index contributed by atoms with van der Waals surface area (Å²) >= 11 is 2.05. The highest BCUT2D eigenvalue weighted by Gasteiger charge is 2.32. The van der Waals surface area contributed by atoms with Crippen LogP contribution >= 0.6 is 11.8 Å². The van der Waals surface area contributed by atoms with Gasteiger partial charge in [-0.2, -0.15) is 11.8 Å². The number of ether oxygens (including phenoxy) is 1. The summed E-state index contributed by atoms with van der Waals surface area (Å²) in [4.78, 5) is 0. The minimum atomic E-state index is 0.485. The molecule has 0 saturated heterocycles. The van der Waals surface area contributed by atoms with E-state index in [0.29, 0.717) is 17.2 Å². The maximum absolute atomic E-state index is 5.18. The van der Waals surface area contributed by atoms with E-state index < -0.39 is 0 Å². The molecule has 2 rings (SSSR count). The first-order valence-electron chi connectivity index (χ1n) is 7.20. The number of rotatable bonds is 6. The van der Waals surface area contributed by atoms with Crippen molar-refractivity contribution in [1.29, 1.82) is 0 Å². The molecule has 0 spiro atoms. The first-order valence-corrected chi connectivity index (χ1v) is 8.25. The largest absolute Gasteiger partial charge is 0.384 e. The summed E-state index contributed by atoms with van der Waals surface area (Å²) in [6.07, 6.45) is 1.25. The molecule has 1 aromatic carbocycles. The molecule has 0 fully saturated rings. The van der Waals surface area contributed by atoms with Crippen LogP contribution in [0, 0.1) is 0 Å². The zero-order valence-corrected chi connectivity index (χ0v) is 13.0. The topological polar surface area (TPSA) is 21.3 Å². The number of fused-ring (bicyclic) bond motifs is 1. The van der Waals surface area contributed by atoms with Gasteiger partial charge in [0.25, 0.3) is 0 Å². The Bertz CT molecular complexity index is 396. The van der Waals surface area contributed by atoms with Gasteiger partial charge in [0.1, 0.15) is 0 Å². The molecule has 0 bridgehead atoms. The lowest BCUT2D eigenvalue weighted by Crippen LogP contribution is -2.35. The molecule has 19 heavy (non-hydrogen) atoms. The Morgan fingerprint density at radius 2 is 2.05 bits per heavy atom. The van der Waals surface area contributed by atoms with Gasteiger partial charge in [0.05, 0.1) is 6.61 Å². The molecule has 2 nitrogen and oxygen atoms in total. The SMILES string of the molecule is CCNC1c2ccccc2C(C)CC1SCCOC. The third-order valence-electron chi connectivity index (χ3n) is 3.86. The Labute approximate surface area is 121 Å². The lowest BCUT2D eigenvalue weighted by atomic mass is 9.80. The molecule has 0 radical (unpaired) electrons. The van der Waals surface area contributed by atoms with Gasteiger partial charge >= 0.3 is 0 Å². The van der Waals surface area contributed by atoms with E-state index in [0.717, 1.165) is 18.9 Å².